The molecule has 11 nitrogen and oxygen atoms in total. The first-order chi connectivity index (χ1) is 17.9. The first-order valence-corrected chi connectivity index (χ1v) is 12.6. The van der Waals surface area contributed by atoms with Gasteiger partial charge in [-0.25, -0.2) is 4.98 Å². The van der Waals surface area contributed by atoms with Gasteiger partial charge in [-0.15, -0.1) is 0 Å². The van der Waals surface area contributed by atoms with Gasteiger partial charge < -0.3 is 30.5 Å². The zero-order valence-corrected chi connectivity index (χ0v) is 20.3. The van der Waals surface area contributed by atoms with E-state index in [0.717, 1.165) is 24.2 Å². The molecule has 2 aromatic rings. The molecular weight excluding hydrogens is 476 g/mol. The summed E-state index contributed by atoms with van der Waals surface area (Å²) in [6, 6.07) is 5.84. The van der Waals surface area contributed by atoms with Gasteiger partial charge in [0.2, 0.25) is 5.91 Å². The summed E-state index contributed by atoms with van der Waals surface area (Å²) in [5.74, 6) is 0.672. The molecule has 2 aromatic heterocycles. The first-order valence-electron chi connectivity index (χ1n) is 12.6. The van der Waals surface area contributed by atoms with Gasteiger partial charge in [0.05, 0.1) is 41.0 Å². The van der Waals surface area contributed by atoms with Crippen LogP contribution in [0.4, 0.5) is 11.5 Å². The largest absolute Gasteiger partial charge is 0.480 e. The number of aliphatic hydroxyl groups excluding tert-OH is 1. The lowest BCUT2D eigenvalue weighted by Crippen LogP contribution is -2.65. The summed E-state index contributed by atoms with van der Waals surface area (Å²) in [6.07, 6.45) is 4.78. The van der Waals surface area contributed by atoms with E-state index in [-0.39, 0.29) is 30.4 Å². The van der Waals surface area contributed by atoms with Gasteiger partial charge in [-0.1, -0.05) is 0 Å². The van der Waals surface area contributed by atoms with Crippen molar-refractivity contribution in [3.8, 4) is 11.8 Å². The van der Waals surface area contributed by atoms with Crippen LogP contribution in [0.3, 0.4) is 0 Å². The number of nitrogens with one attached hydrogen (secondary N) is 3. The lowest BCUT2D eigenvalue weighted by Gasteiger charge is -2.55. The number of ether oxygens (including phenoxy) is 2. The molecule has 2 bridgehead atoms. The summed E-state index contributed by atoms with van der Waals surface area (Å²) in [6.45, 7) is 0.956. The summed E-state index contributed by atoms with van der Waals surface area (Å²) in [5.41, 5.74) is 2.16. The third-order valence-corrected chi connectivity index (χ3v) is 8.11. The SMILES string of the molecule is N#Cc1cnc2c(c1CC(O)C13CCC(NCc4ccc5c(n4)NC(=O)CO5)(CC1)CO3)NC(=O)CC2. The van der Waals surface area contributed by atoms with Crippen LogP contribution in [0.25, 0.3) is 0 Å². The molecule has 192 valence electrons. The van der Waals surface area contributed by atoms with Crippen molar-refractivity contribution in [3.63, 3.8) is 0 Å². The Morgan fingerprint density at radius 2 is 2.00 bits per heavy atom. The Balaban J connectivity index is 1.12. The monoisotopic (exact) mass is 504 g/mol. The number of nitrogens with zero attached hydrogens (tertiary/aromatic N) is 3. The van der Waals surface area contributed by atoms with Crippen LogP contribution in [0.5, 0.6) is 5.75 Å². The van der Waals surface area contributed by atoms with Gasteiger partial charge in [-0.3, -0.25) is 14.6 Å². The fourth-order valence-corrected chi connectivity index (χ4v) is 5.81. The smallest absolute Gasteiger partial charge is 0.263 e. The molecule has 11 heteroatoms. The number of fused-ring (bicyclic) bond motifs is 5. The summed E-state index contributed by atoms with van der Waals surface area (Å²) in [5, 5.41) is 30.2. The number of nitriles is 1. The molecule has 1 aliphatic carbocycles. The van der Waals surface area contributed by atoms with Crippen LogP contribution in [0.1, 0.15) is 54.6 Å². The molecule has 3 fully saturated rings. The average Bonchev–Trinajstić information content (AvgIpc) is 2.93. The average molecular weight is 505 g/mol. The Morgan fingerprint density at radius 3 is 2.76 bits per heavy atom. The van der Waals surface area contributed by atoms with Crippen LogP contribution in [0.15, 0.2) is 18.3 Å². The van der Waals surface area contributed by atoms with E-state index in [1.54, 1.807) is 0 Å². The van der Waals surface area contributed by atoms with Gasteiger partial charge in [0.15, 0.2) is 18.2 Å². The molecule has 0 aromatic carbocycles. The van der Waals surface area contributed by atoms with E-state index in [1.807, 2.05) is 12.1 Å². The van der Waals surface area contributed by atoms with Gasteiger partial charge in [-0.2, -0.15) is 5.26 Å². The third-order valence-electron chi connectivity index (χ3n) is 8.11. The quantitative estimate of drug-likeness (QED) is 0.455. The number of carbonyl (C=O) groups excluding carboxylic acids is 2. The number of hydrogen-bond donors (Lipinski definition) is 4. The van der Waals surface area contributed by atoms with E-state index in [0.29, 0.717) is 67.2 Å². The van der Waals surface area contributed by atoms with Crippen LogP contribution in [-0.4, -0.2) is 57.3 Å². The zero-order chi connectivity index (χ0) is 25.6. The number of aryl methyl sites for hydroxylation is 1. The number of pyridine rings is 2. The van der Waals surface area contributed by atoms with Crippen molar-refractivity contribution in [2.45, 2.75) is 68.7 Å². The van der Waals surface area contributed by atoms with Crippen LogP contribution in [0.2, 0.25) is 0 Å². The number of aromatic nitrogens is 2. The Kier molecular flexibility index (Phi) is 5.82. The van der Waals surface area contributed by atoms with Crippen LogP contribution in [0, 0.1) is 11.3 Å². The molecule has 1 unspecified atom stereocenters. The predicted molar refractivity (Wildman–Crippen MR) is 131 cm³/mol. The Labute approximate surface area is 213 Å². The molecule has 5 aliphatic rings. The van der Waals surface area contributed by atoms with Gasteiger partial charge in [0.25, 0.3) is 5.91 Å². The number of anilines is 2. The maximum Gasteiger partial charge on any atom is 0.263 e. The number of rotatable bonds is 6. The molecular formula is C26H28N6O5. The molecule has 7 rings (SSSR count). The van der Waals surface area contributed by atoms with E-state index in [9.17, 15) is 20.0 Å². The van der Waals surface area contributed by atoms with Crippen LogP contribution < -0.4 is 20.7 Å². The molecule has 0 spiro atoms. The number of aliphatic hydroxyl groups is 1. The molecule has 2 saturated heterocycles. The fraction of sp³-hybridized carbons (Fsp3) is 0.500. The first kappa shape index (κ1) is 23.8. The normalized spacial score (nSPS) is 26.7. The maximum atomic E-state index is 12.0. The van der Waals surface area contributed by atoms with Gasteiger partial charge in [0, 0.05) is 37.5 Å². The molecule has 37 heavy (non-hydrogen) atoms. The highest BCUT2D eigenvalue weighted by molar-refractivity contribution is 5.95. The van der Waals surface area contributed by atoms with E-state index in [1.165, 1.54) is 6.20 Å². The summed E-state index contributed by atoms with van der Waals surface area (Å²) in [4.78, 5) is 32.5. The minimum absolute atomic E-state index is 0.00355. The standard InChI is InChI=1S/C26H28N6O5/c27-10-15-11-28-18-2-4-21(34)31-23(18)17(15)9-20(33)26-7-5-25(6-8-26,14-37-26)29-12-16-1-3-19-24(30-16)32-22(35)13-36-19/h1,3,11,20,29,33H,2,4-9,12-14H2,(H,31,34)(H,30,32,35). The number of amides is 2. The fourth-order valence-electron chi connectivity index (χ4n) is 5.81. The van der Waals surface area contributed by atoms with Crippen LogP contribution >= 0.6 is 0 Å². The van der Waals surface area contributed by atoms with E-state index in [2.05, 4.69) is 32.0 Å². The van der Waals surface area contributed by atoms with Crippen molar-refractivity contribution >= 4 is 23.3 Å². The zero-order valence-electron chi connectivity index (χ0n) is 20.3. The molecule has 0 radical (unpaired) electrons. The van der Waals surface area contributed by atoms with E-state index >= 15 is 0 Å². The Morgan fingerprint density at radius 1 is 1.16 bits per heavy atom. The van der Waals surface area contributed by atoms with Crippen molar-refractivity contribution in [2.75, 3.05) is 23.8 Å². The highest BCUT2D eigenvalue weighted by atomic mass is 16.5. The highest BCUT2D eigenvalue weighted by Gasteiger charge is 2.53. The molecule has 2 amide bonds. The van der Waals surface area contributed by atoms with Crippen molar-refractivity contribution in [1.82, 2.24) is 15.3 Å². The number of hydrogen-bond acceptors (Lipinski definition) is 9. The second-order valence-electron chi connectivity index (χ2n) is 10.3. The lowest BCUT2D eigenvalue weighted by atomic mass is 9.68. The minimum Gasteiger partial charge on any atom is -0.480 e. The molecule has 4 N–H and O–H groups in total. The van der Waals surface area contributed by atoms with Crippen molar-refractivity contribution in [2.24, 2.45) is 0 Å². The predicted octanol–water partition coefficient (Wildman–Crippen LogP) is 1.34. The Hall–Kier alpha value is -3.59. The third kappa shape index (κ3) is 4.31. The molecule has 4 aliphatic heterocycles. The van der Waals surface area contributed by atoms with Crippen molar-refractivity contribution < 1.29 is 24.2 Å². The summed E-state index contributed by atoms with van der Waals surface area (Å²) >= 11 is 0. The van der Waals surface area contributed by atoms with Crippen LogP contribution in [-0.2, 0) is 33.7 Å². The second-order valence-corrected chi connectivity index (χ2v) is 10.3. The summed E-state index contributed by atoms with van der Waals surface area (Å²) in [7, 11) is 0. The highest BCUT2D eigenvalue weighted by Crippen LogP contribution is 2.46. The molecule has 6 heterocycles. The molecule has 1 atom stereocenters. The second kappa shape index (κ2) is 9.06. The molecule has 1 saturated carbocycles. The Bertz CT molecular complexity index is 1300. The lowest BCUT2D eigenvalue weighted by molar-refractivity contribution is -0.208. The summed E-state index contributed by atoms with van der Waals surface area (Å²) < 4.78 is 11.7. The van der Waals surface area contributed by atoms with Gasteiger partial charge in [0.1, 0.15) is 6.07 Å². The van der Waals surface area contributed by atoms with Gasteiger partial charge in [-0.05, 0) is 43.4 Å². The van der Waals surface area contributed by atoms with E-state index < -0.39 is 11.7 Å². The van der Waals surface area contributed by atoms with E-state index in [4.69, 9.17) is 9.47 Å². The van der Waals surface area contributed by atoms with Crippen molar-refractivity contribution in [1.29, 1.82) is 5.26 Å². The van der Waals surface area contributed by atoms with Crippen molar-refractivity contribution in [3.05, 3.63) is 40.8 Å². The van der Waals surface area contributed by atoms with Gasteiger partial charge >= 0.3 is 0 Å². The number of carbonyl (C=O) groups is 2. The topological polar surface area (TPSA) is 158 Å². The minimum atomic E-state index is -0.825. The maximum absolute atomic E-state index is 12.0.